The van der Waals surface area contributed by atoms with Crippen molar-refractivity contribution in [3.05, 3.63) is 0 Å². The molecule has 0 saturated carbocycles. The van der Waals surface area contributed by atoms with Gasteiger partial charge < -0.3 is 21.9 Å². The normalized spacial score (nSPS) is 0. The van der Waals surface area contributed by atoms with E-state index in [4.69, 9.17) is 0 Å². The molecule has 0 aliphatic heterocycles. The van der Waals surface area contributed by atoms with Gasteiger partial charge in [0.25, 0.3) is 0 Å². The van der Waals surface area contributed by atoms with Crippen LogP contribution in [0.1, 0.15) is 0 Å². The monoisotopic (exact) mass is 94.0 g/mol. The first-order valence-electron chi connectivity index (χ1n) is 0. The fourth-order valence-corrected chi connectivity index (χ4v) is 0. The Hall–Kier alpha value is 0.606. The Kier molecular flexibility index (Phi) is 10600. The minimum Gasteiger partial charge on any atom is -0.870 e. The van der Waals surface area contributed by atoms with Crippen molar-refractivity contribution in [1.29, 1.82) is 0 Å². The zero-order chi connectivity index (χ0) is 0. The Balaban J connectivity index is 0. The Morgan fingerprint density at radius 2 is 0.600 bits per heavy atom. The van der Waals surface area contributed by atoms with Crippen molar-refractivity contribution in [3.63, 3.8) is 0 Å². The molecule has 0 saturated heterocycles. The van der Waals surface area contributed by atoms with Crippen molar-refractivity contribution in [3.8, 4) is 0 Å². The second-order valence-corrected chi connectivity index (χ2v) is 0. The van der Waals surface area contributed by atoms with Crippen molar-refractivity contribution in [2.45, 2.75) is 0 Å². The molecule has 0 radical (unpaired) electrons. The van der Waals surface area contributed by atoms with E-state index in [0.717, 1.165) is 0 Å². The van der Waals surface area contributed by atoms with Crippen LogP contribution in [0.5, 0.6) is 0 Å². The van der Waals surface area contributed by atoms with Crippen LogP contribution in [0.2, 0.25) is 0 Å². The summed E-state index contributed by atoms with van der Waals surface area (Å²) in [6.07, 6.45) is 0. The summed E-state index contributed by atoms with van der Waals surface area (Å²) >= 11 is 0. The average Bonchev–Trinajstić information content (AvgIpc) is 0. The van der Waals surface area contributed by atoms with E-state index in [1.807, 2.05) is 0 Å². The fourth-order valence-electron chi connectivity index (χ4n) is 0. The third kappa shape index (κ3) is 85.1. The summed E-state index contributed by atoms with van der Waals surface area (Å²) in [6.45, 7) is 0. The average molecular weight is 94.3 g/mol. The van der Waals surface area contributed by atoms with Gasteiger partial charge in [0, 0.05) is 0 Å². The molecule has 0 unspecified atom stereocenters. The van der Waals surface area contributed by atoms with E-state index in [-0.39, 0.29) is 45.0 Å². The quantitative estimate of drug-likeness (QED) is 0.311. The molecule has 0 aromatic rings. The summed E-state index contributed by atoms with van der Waals surface area (Å²) in [5, 5.41) is 0. The van der Waals surface area contributed by atoms with Crippen molar-refractivity contribution < 1.29 is 21.9 Å². The van der Waals surface area contributed by atoms with Crippen LogP contribution in [0.25, 0.3) is 0 Å². The van der Waals surface area contributed by atoms with Crippen molar-refractivity contribution in [1.82, 2.24) is 0 Å². The summed E-state index contributed by atoms with van der Waals surface area (Å²) in [6, 6.07) is 0. The molecule has 0 aliphatic carbocycles. The second-order valence-electron chi connectivity index (χ2n) is 0. The molecule has 5 heavy (non-hydrogen) atoms. The Bertz CT molecular complexity index is 3.61. The van der Waals surface area contributed by atoms with Crippen LogP contribution in [0.15, 0.2) is 0 Å². The third-order valence-corrected chi connectivity index (χ3v) is 0. The van der Waals surface area contributed by atoms with Crippen molar-refractivity contribution >= 4 is 23.1 Å². The molecule has 0 rings (SSSR count). The molecule has 0 amide bonds. The van der Waals surface area contributed by atoms with E-state index in [1.165, 1.54) is 0 Å². The fraction of sp³-hybridized carbons (Fsp3) is 0. The molecular formula is H6MgO4. The molecule has 4 nitrogen and oxygen atoms in total. The Morgan fingerprint density at radius 1 is 0.600 bits per heavy atom. The molecule has 0 bridgehead atoms. The van der Waals surface area contributed by atoms with Crippen LogP contribution in [0, 0.1) is 0 Å². The number of hydrogen-bond donors (Lipinski definition) is 0. The van der Waals surface area contributed by atoms with Gasteiger partial charge in [-0.15, -0.1) is 0 Å². The summed E-state index contributed by atoms with van der Waals surface area (Å²) in [7, 11) is 0. The van der Waals surface area contributed by atoms with E-state index in [9.17, 15) is 0 Å². The molecule has 0 aromatic heterocycles. The van der Waals surface area contributed by atoms with Crippen LogP contribution in [0.3, 0.4) is 0 Å². The third-order valence-electron chi connectivity index (χ3n) is 0. The summed E-state index contributed by atoms with van der Waals surface area (Å²) in [5.74, 6) is 0. The van der Waals surface area contributed by atoms with Crippen LogP contribution in [0.4, 0.5) is 0 Å². The van der Waals surface area contributed by atoms with E-state index in [2.05, 4.69) is 0 Å². The minimum atomic E-state index is 0. The zero-order valence-electron chi connectivity index (χ0n) is 2.60. The van der Waals surface area contributed by atoms with Crippen molar-refractivity contribution in [2.75, 3.05) is 0 Å². The van der Waals surface area contributed by atoms with Gasteiger partial charge in [0.05, 0.1) is 0 Å². The molecular weight excluding hydrogens is 88.3 g/mol. The predicted molar refractivity (Wildman–Crippen MR) is 16.9 cm³/mol. The number of rotatable bonds is 0. The van der Waals surface area contributed by atoms with E-state index < -0.39 is 0 Å². The predicted octanol–water partition coefficient (Wildman–Crippen LogP) is -2.38. The first kappa shape index (κ1) is 324. The van der Waals surface area contributed by atoms with Gasteiger partial charge in [-0.1, -0.05) is 0 Å². The van der Waals surface area contributed by atoms with E-state index in [0.29, 0.717) is 0 Å². The van der Waals surface area contributed by atoms with Crippen LogP contribution < -0.4 is 0 Å². The van der Waals surface area contributed by atoms with Gasteiger partial charge in [0.1, 0.15) is 0 Å². The van der Waals surface area contributed by atoms with Crippen molar-refractivity contribution in [2.24, 2.45) is 0 Å². The zero-order valence-corrected chi connectivity index (χ0v) is 4.02. The first-order chi connectivity index (χ1) is 0. The Morgan fingerprint density at radius 3 is 0.600 bits per heavy atom. The molecule has 6 N–H and O–H groups in total. The van der Waals surface area contributed by atoms with Gasteiger partial charge in [-0.25, -0.2) is 0 Å². The first-order valence-corrected chi connectivity index (χ1v) is 0. The standard InChI is InChI=1S/Mg.4H2O/h;4*1H2/q+2;;;;/p-2. The van der Waals surface area contributed by atoms with Gasteiger partial charge in [-0.2, -0.15) is 0 Å². The summed E-state index contributed by atoms with van der Waals surface area (Å²) < 4.78 is 0. The molecule has 0 fully saturated rings. The van der Waals surface area contributed by atoms with Gasteiger partial charge in [0.15, 0.2) is 0 Å². The largest absolute Gasteiger partial charge is 2.00 e. The smallest absolute Gasteiger partial charge is 0.870 e. The van der Waals surface area contributed by atoms with Crippen LogP contribution in [-0.4, -0.2) is 45.0 Å². The molecule has 5 heteroatoms. The maximum absolute atomic E-state index is 0. The molecule has 0 aromatic carbocycles. The summed E-state index contributed by atoms with van der Waals surface area (Å²) in [4.78, 5) is 0. The van der Waals surface area contributed by atoms with E-state index >= 15 is 0 Å². The topological polar surface area (TPSA) is 123 Å². The SMILES string of the molecule is O.O.[Mg+2].[OH-].[OH-]. The van der Waals surface area contributed by atoms with E-state index in [1.54, 1.807) is 0 Å². The molecule has 0 heterocycles. The molecule has 0 atom stereocenters. The van der Waals surface area contributed by atoms with Gasteiger partial charge in [-0.05, 0) is 0 Å². The molecule has 32 valence electrons. The van der Waals surface area contributed by atoms with Gasteiger partial charge in [0.2, 0.25) is 0 Å². The number of hydrogen-bond acceptors (Lipinski definition) is 2. The van der Waals surface area contributed by atoms with Crippen LogP contribution >= 0.6 is 0 Å². The Labute approximate surface area is 45.6 Å². The van der Waals surface area contributed by atoms with Gasteiger partial charge >= 0.3 is 23.1 Å². The van der Waals surface area contributed by atoms with Crippen LogP contribution in [-0.2, 0) is 0 Å². The maximum atomic E-state index is 0. The second kappa shape index (κ2) is 163. The summed E-state index contributed by atoms with van der Waals surface area (Å²) in [5.41, 5.74) is 0. The molecule has 0 aliphatic rings. The molecule has 0 spiro atoms. The maximum Gasteiger partial charge on any atom is 2.00 e. The minimum absolute atomic E-state index is 0. The van der Waals surface area contributed by atoms with Gasteiger partial charge in [-0.3, -0.25) is 0 Å².